The van der Waals surface area contributed by atoms with Crippen LogP contribution in [0.1, 0.15) is 146 Å². The molecule has 1 N–H and O–H groups in total. The van der Waals surface area contributed by atoms with Gasteiger partial charge in [0.2, 0.25) is 5.91 Å². The fraction of sp³-hybridized carbons (Fsp3) is 0.729. The maximum Gasteiger partial charge on any atom is 0.309 e. The smallest absolute Gasteiger partial charge is 0.309 e. The maximum atomic E-state index is 14.4. The first-order valence-corrected chi connectivity index (χ1v) is 22.1. The van der Waals surface area contributed by atoms with Gasteiger partial charge in [-0.2, -0.15) is 0 Å². The number of hydrogen-bond donors (Lipinski definition) is 1. The second-order valence-electron chi connectivity index (χ2n) is 21.2. The molecule has 58 heavy (non-hydrogen) atoms. The predicted octanol–water partition coefficient (Wildman–Crippen LogP) is 10.0. The van der Waals surface area contributed by atoms with Gasteiger partial charge in [0, 0.05) is 42.7 Å². The molecule has 10 heteroatoms. The van der Waals surface area contributed by atoms with Gasteiger partial charge in [0.05, 0.1) is 18.4 Å². The summed E-state index contributed by atoms with van der Waals surface area (Å²) >= 11 is 6.18. The number of ketones is 1. The summed E-state index contributed by atoms with van der Waals surface area (Å²) in [6.07, 6.45) is 6.32. The van der Waals surface area contributed by atoms with Crippen LogP contribution in [0.4, 0.5) is 0 Å². The van der Waals surface area contributed by atoms with Crippen molar-refractivity contribution in [3.63, 3.8) is 0 Å². The Hall–Kier alpha value is -3.20. The molecule has 1 unspecified atom stereocenters. The lowest BCUT2D eigenvalue weighted by Gasteiger charge is -2.72. The van der Waals surface area contributed by atoms with Crippen LogP contribution in [0.5, 0.6) is 0 Å². The zero-order valence-electron chi connectivity index (χ0n) is 36.9. The quantitative estimate of drug-likeness (QED) is 0.219. The summed E-state index contributed by atoms with van der Waals surface area (Å²) in [6.45, 7) is 22.8. The van der Waals surface area contributed by atoms with E-state index in [1.54, 1.807) is 25.7 Å². The molecule has 1 aromatic carbocycles. The van der Waals surface area contributed by atoms with E-state index < -0.39 is 34.8 Å². The number of halogens is 1. The molecule has 0 aromatic heterocycles. The zero-order chi connectivity index (χ0) is 43.0. The van der Waals surface area contributed by atoms with E-state index in [1.807, 2.05) is 24.3 Å². The van der Waals surface area contributed by atoms with Crippen molar-refractivity contribution in [3.8, 4) is 0 Å². The highest BCUT2D eigenvalue weighted by Crippen LogP contribution is 2.77. The van der Waals surface area contributed by atoms with E-state index in [4.69, 9.17) is 21.1 Å². The van der Waals surface area contributed by atoms with Crippen LogP contribution in [-0.4, -0.2) is 58.4 Å². The van der Waals surface area contributed by atoms with Gasteiger partial charge in [-0.05, 0) is 134 Å². The summed E-state index contributed by atoms with van der Waals surface area (Å²) in [6, 6.07) is 7.43. The van der Waals surface area contributed by atoms with Crippen LogP contribution >= 0.6 is 11.6 Å². The molecule has 9 nitrogen and oxygen atoms in total. The monoisotopic (exact) mass is 821 g/mol. The van der Waals surface area contributed by atoms with Crippen molar-refractivity contribution in [2.45, 2.75) is 159 Å². The zero-order valence-corrected chi connectivity index (χ0v) is 37.6. The number of fused-ring (bicyclic) bond motifs is 7. The number of carboxylic acid groups (broad SMARTS) is 1. The topological polar surface area (TPSA) is 127 Å². The summed E-state index contributed by atoms with van der Waals surface area (Å²) in [4.78, 5) is 67.5. The maximum absolute atomic E-state index is 14.4. The van der Waals surface area contributed by atoms with E-state index in [-0.39, 0.29) is 70.7 Å². The normalized spacial score (nSPS) is 34.6. The first kappa shape index (κ1) is 44.4. The minimum Gasteiger partial charge on any atom is -0.481 e. The van der Waals surface area contributed by atoms with Crippen LogP contribution in [-0.2, 0) is 40.0 Å². The van der Waals surface area contributed by atoms with Gasteiger partial charge < -0.3 is 19.5 Å². The minimum absolute atomic E-state index is 0.00123. The number of aliphatic carboxylic acids is 1. The number of Topliss-reactive ketones (excluding diaryl/α,β-unsaturated/α-hetero) is 1. The molecule has 6 rings (SSSR count). The van der Waals surface area contributed by atoms with Crippen LogP contribution in [0.15, 0.2) is 35.4 Å². The van der Waals surface area contributed by atoms with Gasteiger partial charge in [0.25, 0.3) is 0 Å². The standard InChI is InChI=1S/C48H68ClNO8/c1-28(2)40-34(53)24-48(38(57-30(4)52)27-50(29(3)51)26-31-12-14-32(49)15-13-31)23-22-46(10)33(41(40)48)16-17-36-45(9)20-19-37(58-39(54)25-43(5,6)42(55)56)44(7,8)35(45)18-21-47(36,46)11/h12-15,28,33,35-38H,16-27H2,1-11H3,(H,55,56)/t33-,35+,36-,37+,38?,45+,46-,47-,48+/m1/s1. The number of benzene rings is 1. The molecule has 0 radical (unpaired) electrons. The number of amides is 1. The lowest BCUT2D eigenvalue weighted by Crippen LogP contribution is -2.66. The van der Waals surface area contributed by atoms with Crippen molar-refractivity contribution in [3.05, 3.63) is 46.0 Å². The number of carboxylic acids is 1. The van der Waals surface area contributed by atoms with Gasteiger partial charge in [-0.25, -0.2) is 0 Å². The van der Waals surface area contributed by atoms with Crippen LogP contribution in [0.25, 0.3) is 0 Å². The van der Waals surface area contributed by atoms with Gasteiger partial charge in [-0.3, -0.25) is 24.0 Å². The van der Waals surface area contributed by atoms with E-state index >= 15 is 0 Å². The summed E-state index contributed by atoms with van der Waals surface area (Å²) in [7, 11) is 0. The van der Waals surface area contributed by atoms with Gasteiger partial charge in [0.1, 0.15) is 12.2 Å². The van der Waals surface area contributed by atoms with Crippen molar-refractivity contribution < 1.29 is 38.6 Å². The van der Waals surface area contributed by atoms with Crippen molar-refractivity contribution in [1.82, 2.24) is 4.90 Å². The second kappa shape index (κ2) is 15.4. The highest BCUT2D eigenvalue weighted by atomic mass is 35.5. The largest absolute Gasteiger partial charge is 0.481 e. The number of esters is 2. The average molecular weight is 823 g/mol. The van der Waals surface area contributed by atoms with E-state index in [2.05, 4.69) is 48.5 Å². The minimum atomic E-state index is -1.19. The summed E-state index contributed by atoms with van der Waals surface area (Å²) in [5, 5.41) is 10.3. The number of rotatable bonds is 11. The molecule has 4 fully saturated rings. The van der Waals surface area contributed by atoms with Gasteiger partial charge in [0.15, 0.2) is 5.78 Å². The number of carbonyl (C=O) groups excluding carboxylic acids is 4. The summed E-state index contributed by atoms with van der Waals surface area (Å²) < 4.78 is 12.5. The molecule has 9 atom stereocenters. The Balaban J connectivity index is 1.33. The summed E-state index contributed by atoms with van der Waals surface area (Å²) in [5.41, 5.74) is 0.629. The van der Waals surface area contributed by atoms with Crippen LogP contribution < -0.4 is 0 Å². The van der Waals surface area contributed by atoms with Crippen molar-refractivity contribution in [2.24, 2.45) is 56.2 Å². The summed E-state index contributed by atoms with van der Waals surface area (Å²) in [5.74, 6) is -1.02. The van der Waals surface area contributed by atoms with E-state index in [9.17, 15) is 29.1 Å². The molecule has 1 aromatic rings. The Morgan fingerprint density at radius 3 is 2.14 bits per heavy atom. The van der Waals surface area contributed by atoms with Crippen LogP contribution in [0.2, 0.25) is 5.02 Å². The highest BCUT2D eigenvalue weighted by Gasteiger charge is 2.71. The Morgan fingerprint density at radius 1 is 0.897 bits per heavy atom. The molecule has 5 aliphatic rings. The Morgan fingerprint density at radius 2 is 1.55 bits per heavy atom. The first-order valence-electron chi connectivity index (χ1n) is 21.7. The molecule has 0 saturated heterocycles. The Kier molecular flexibility index (Phi) is 11.8. The molecule has 0 aliphatic heterocycles. The molecule has 1 amide bonds. The molecule has 5 aliphatic carbocycles. The lowest BCUT2D eigenvalue weighted by atomic mass is 9.33. The van der Waals surface area contributed by atoms with Gasteiger partial charge in [-0.1, -0.05) is 72.2 Å². The van der Waals surface area contributed by atoms with Gasteiger partial charge >= 0.3 is 17.9 Å². The fourth-order valence-electron chi connectivity index (χ4n) is 13.7. The van der Waals surface area contributed by atoms with Crippen LogP contribution in [0.3, 0.4) is 0 Å². The third kappa shape index (κ3) is 7.25. The van der Waals surface area contributed by atoms with Gasteiger partial charge in [-0.15, -0.1) is 0 Å². The van der Waals surface area contributed by atoms with Crippen LogP contribution in [0, 0.1) is 56.2 Å². The Labute approximate surface area is 351 Å². The number of nitrogens with zero attached hydrogens (tertiary/aromatic N) is 1. The SMILES string of the molecule is CC(=O)OC(CN(Cc1ccc(Cl)cc1)C(C)=O)[C@@]12CC[C@]3(C)[C@H](CC[C@@H]4[C@@]5(C)CC[C@H](OC(=O)CC(C)(C)C(=O)O)C(C)(C)[C@@H]5CC[C@]43C)C1=C(C(C)C)C(=O)C2. The number of hydrogen-bond acceptors (Lipinski definition) is 7. The molecular formula is C48H68ClNO8. The highest BCUT2D eigenvalue weighted by molar-refractivity contribution is 6.30. The second-order valence-corrected chi connectivity index (χ2v) is 21.6. The van der Waals surface area contributed by atoms with Crippen molar-refractivity contribution in [2.75, 3.05) is 6.54 Å². The predicted molar refractivity (Wildman–Crippen MR) is 223 cm³/mol. The number of ether oxygens (including phenoxy) is 2. The van der Waals surface area contributed by atoms with Crippen molar-refractivity contribution in [1.29, 1.82) is 0 Å². The lowest BCUT2D eigenvalue weighted by molar-refractivity contribution is -0.235. The molecule has 320 valence electrons. The van der Waals surface area contributed by atoms with E-state index in [0.717, 1.165) is 56.1 Å². The van der Waals surface area contributed by atoms with E-state index in [0.29, 0.717) is 29.8 Å². The number of carbonyl (C=O) groups is 5. The molecule has 0 bridgehead atoms. The van der Waals surface area contributed by atoms with Crippen molar-refractivity contribution >= 4 is 41.2 Å². The third-order valence-corrected chi connectivity index (χ3v) is 17.2. The molecular weight excluding hydrogens is 754 g/mol. The van der Waals surface area contributed by atoms with E-state index in [1.165, 1.54) is 12.5 Å². The fourth-order valence-corrected chi connectivity index (χ4v) is 13.9. The molecule has 0 heterocycles. The third-order valence-electron chi connectivity index (χ3n) is 16.9. The molecule has 0 spiro atoms. The number of allylic oxidation sites excluding steroid dienone is 1. The first-order chi connectivity index (χ1) is 26.8. The Bertz CT molecular complexity index is 1870. The average Bonchev–Trinajstić information content (AvgIpc) is 3.42. The molecule has 4 saturated carbocycles.